The van der Waals surface area contributed by atoms with Gasteiger partial charge in [-0.25, -0.2) is 9.59 Å². The van der Waals surface area contributed by atoms with Crippen LogP contribution in [0.15, 0.2) is 0 Å². The molecular formula is C13H23NO5. The maximum absolute atomic E-state index is 12.0. The standard InChI is InChI=1S/C13H23NO5/c1-13(2,3)19-12(17)14-6-5-9(8-18-4)7-10(14)11(15)16/h9-10H,5-8H2,1-4H3,(H,15,16). The number of carbonyl (C=O) groups is 2. The van der Waals surface area contributed by atoms with Gasteiger partial charge in [0.15, 0.2) is 0 Å². The van der Waals surface area contributed by atoms with Crippen LogP contribution in [-0.2, 0) is 14.3 Å². The molecule has 6 nitrogen and oxygen atoms in total. The van der Waals surface area contributed by atoms with Gasteiger partial charge in [0.1, 0.15) is 11.6 Å². The maximum Gasteiger partial charge on any atom is 0.411 e. The van der Waals surface area contributed by atoms with E-state index in [1.807, 2.05) is 0 Å². The van der Waals surface area contributed by atoms with Gasteiger partial charge >= 0.3 is 12.1 Å². The minimum absolute atomic E-state index is 0.171. The van der Waals surface area contributed by atoms with Crippen molar-refractivity contribution in [3.05, 3.63) is 0 Å². The molecule has 1 aliphatic rings. The van der Waals surface area contributed by atoms with Crippen LogP contribution >= 0.6 is 0 Å². The molecule has 0 aliphatic carbocycles. The molecule has 1 saturated heterocycles. The molecule has 19 heavy (non-hydrogen) atoms. The van der Waals surface area contributed by atoms with Crippen molar-refractivity contribution in [2.75, 3.05) is 20.3 Å². The van der Waals surface area contributed by atoms with Crippen LogP contribution in [0.4, 0.5) is 4.79 Å². The van der Waals surface area contributed by atoms with Crippen LogP contribution < -0.4 is 0 Å². The topological polar surface area (TPSA) is 76.1 Å². The van der Waals surface area contributed by atoms with Gasteiger partial charge in [0.05, 0.1) is 0 Å². The van der Waals surface area contributed by atoms with Gasteiger partial charge in [-0.05, 0) is 39.5 Å². The van der Waals surface area contributed by atoms with E-state index in [0.29, 0.717) is 19.6 Å². The second-order valence-electron chi connectivity index (χ2n) is 5.87. The van der Waals surface area contributed by atoms with Crippen molar-refractivity contribution in [3.63, 3.8) is 0 Å². The van der Waals surface area contributed by atoms with E-state index < -0.39 is 23.7 Å². The fourth-order valence-corrected chi connectivity index (χ4v) is 2.20. The Bertz CT molecular complexity index is 336. The van der Waals surface area contributed by atoms with Crippen LogP contribution in [0.5, 0.6) is 0 Å². The molecule has 0 aromatic heterocycles. The van der Waals surface area contributed by atoms with Gasteiger partial charge in [0, 0.05) is 20.3 Å². The Hall–Kier alpha value is -1.30. The number of nitrogens with zero attached hydrogens (tertiary/aromatic N) is 1. The van der Waals surface area contributed by atoms with Crippen LogP contribution in [-0.4, -0.2) is 54.0 Å². The molecule has 0 saturated carbocycles. The zero-order chi connectivity index (χ0) is 14.6. The first-order chi connectivity index (χ1) is 8.74. The summed E-state index contributed by atoms with van der Waals surface area (Å²) in [7, 11) is 1.59. The largest absolute Gasteiger partial charge is 0.480 e. The molecule has 2 atom stereocenters. The minimum Gasteiger partial charge on any atom is -0.480 e. The second kappa shape index (κ2) is 6.23. The zero-order valence-corrected chi connectivity index (χ0v) is 12.0. The molecule has 0 aromatic rings. The van der Waals surface area contributed by atoms with Crippen LogP contribution in [0.3, 0.4) is 0 Å². The monoisotopic (exact) mass is 273 g/mol. The Kier molecular flexibility index (Phi) is 5.17. The van der Waals surface area contributed by atoms with Crippen molar-refractivity contribution >= 4 is 12.1 Å². The fourth-order valence-electron chi connectivity index (χ4n) is 2.20. The molecule has 0 radical (unpaired) electrons. The number of carbonyl (C=O) groups excluding carboxylic acids is 1. The number of carboxylic acids is 1. The summed E-state index contributed by atoms with van der Waals surface area (Å²) in [4.78, 5) is 24.6. The molecule has 1 amide bonds. The fraction of sp³-hybridized carbons (Fsp3) is 0.846. The van der Waals surface area contributed by atoms with Crippen molar-refractivity contribution in [1.29, 1.82) is 0 Å². The summed E-state index contributed by atoms with van der Waals surface area (Å²) in [6, 6.07) is -0.830. The predicted octanol–water partition coefficient (Wildman–Crippen LogP) is 1.73. The number of rotatable bonds is 3. The van der Waals surface area contributed by atoms with Gasteiger partial charge in [-0.2, -0.15) is 0 Å². The first kappa shape index (κ1) is 15.8. The number of carboxylic acid groups (broad SMARTS) is 1. The Morgan fingerprint density at radius 2 is 2.00 bits per heavy atom. The summed E-state index contributed by atoms with van der Waals surface area (Å²) in [6.07, 6.45) is 0.579. The molecule has 1 N–H and O–H groups in total. The van der Waals surface area contributed by atoms with E-state index in [0.717, 1.165) is 6.42 Å². The Labute approximate surface area is 113 Å². The van der Waals surface area contributed by atoms with Crippen molar-refractivity contribution in [1.82, 2.24) is 4.90 Å². The average Bonchev–Trinajstić information content (AvgIpc) is 2.26. The summed E-state index contributed by atoms with van der Waals surface area (Å²) < 4.78 is 10.3. The number of piperidine rings is 1. The molecule has 1 fully saturated rings. The molecule has 1 rings (SSSR count). The second-order valence-corrected chi connectivity index (χ2v) is 5.87. The number of amides is 1. The van der Waals surface area contributed by atoms with Gasteiger partial charge in [-0.15, -0.1) is 0 Å². The normalized spacial score (nSPS) is 24.1. The lowest BCUT2D eigenvalue weighted by Gasteiger charge is -2.37. The van der Waals surface area contributed by atoms with Crippen LogP contribution in [0.2, 0.25) is 0 Å². The van der Waals surface area contributed by atoms with E-state index in [4.69, 9.17) is 9.47 Å². The maximum atomic E-state index is 12.0. The van der Waals surface area contributed by atoms with E-state index in [9.17, 15) is 14.7 Å². The lowest BCUT2D eigenvalue weighted by molar-refractivity contribution is -0.145. The minimum atomic E-state index is -0.994. The highest BCUT2D eigenvalue weighted by Crippen LogP contribution is 2.25. The third kappa shape index (κ3) is 4.70. The number of likely N-dealkylation sites (tertiary alicyclic amines) is 1. The zero-order valence-electron chi connectivity index (χ0n) is 12.0. The lowest BCUT2D eigenvalue weighted by Crippen LogP contribution is -2.52. The summed E-state index contributed by atoms with van der Waals surface area (Å²) >= 11 is 0. The highest BCUT2D eigenvalue weighted by molar-refractivity contribution is 5.80. The number of methoxy groups -OCH3 is 1. The molecule has 2 unspecified atom stereocenters. The number of ether oxygens (including phenoxy) is 2. The lowest BCUT2D eigenvalue weighted by atomic mass is 9.92. The number of hydrogen-bond acceptors (Lipinski definition) is 4. The molecular weight excluding hydrogens is 250 g/mol. The number of aliphatic carboxylic acids is 1. The summed E-state index contributed by atoms with van der Waals surface area (Å²) in [5, 5.41) is 9.25. The van der Waals surface area contributed by atoms with Gasteiger partial charge in [0.25, 0.3) is 0 Å². The first-order valence-electron chi connectivity index (χ1n) is 6.46. The quantitative estimate of drug-likeness (QED) is 0.847. The summed E-state index contributed by atoms with van der Waals surface area (Å²) in [5.74, 6) is -0.823. The highest BCUT2D eigenvalue weighted by atomic mass is 16.6. The van der Waals surface area contributed by atoms with Gasteiger partial charge < -0.3 is 14.6 Å². The van der Waals surface area contributed by atoms with Gasteiger partial charge in [-0.1, -0.05) is 0 Å². The summed E-state index contributed by atoms with van der Waals surface area (Å²) in [5.41, 5.74) is -0.622. The van der Waals surface area contributed by atoms with E-state index >= 15 is 0 Å². The third-order valence-electron chi connectivity index (χ3n) is 3.03. The highest BCUT2D eigenvalue weighted by Gasteiger charge is 2.38. The Morgan fingerprint density at radius 3 is 2.47 bits per heavy atom. The van der Waals surface area contributed by atoms with Crippen LogP contribution in [0, 0.1) is 5.92 Å². The van der Waals surface area contributed by atoms with Crippen molar-refractivity contribution < 1.29 is 24.2 Å². The van der Waals surface area contributed by atoms with Gasteiger partial charge in [0.2, 0.25) is 0 Å². The molecule has 1 heterocycles. The first-order valence-corrected chi connectivity index (χ1v) is 6.46. The third-order valence-corrected chi connectivity index (χ3v) is 3.03. The predicted molar refractivity (Wildman–Crippen MR) is 69.0 cm³/mol. The average molecular weight is 273 g/mol. The smallest absolute Gasteiger partial charge is 0.411 e. The molecule has 0 bridgehead atoms. The van der Waals surface area contributed by atoms with E-state index in [1.165, 1.54) is 4.90 Å². The van der Waals surface area contributed by atoms with E-state index in [1.54, 1.807) is 27.9 Å². The molecule has 110 valence electrons. The van der Waals surface area contributed by atoms with Crippen LogP contribution in [0.25, 0.3) is 0 Å². The molecule has 6 heteroatoms. The molecule has 0 spiro atoms. The molecule has 0 aromatic carbocycles. The van der Waals surface area contributed by atoms with Crippen molar-refractivity contribution in [3.8, 4) is 0 Å². The van der Waals surface area contributed by atoms with Crippen molar-refractivity contribution in [2.45, 2.75) is 45.3 Å². The van der Waals surface area contributed by atoms with Gasteiger partial charge in [-0.3, -0.25) is 4.90 Å². The Morgan fingerprint density at radius 1 is 1.37 bits per heavy atom. The number of hydrogen-bond donors (Lipinski definition) is 1. The van der Waals surface area contributed by atoms with Crippen molar-refractivity contribution in [2.24, 2.45) is 5.92 Å². The van der Waals surface area contributed by atoms with E-state index in [-0.39, 0.29) is 5.92 Å². The van der Waals surface area contributed by atoms with Crippen LogP contribution in [0.1, 0.15) is 33.6 Å². The summed E-state index contributed by atoms with van der Waals surface area (Å²) in [6.45, 7) is 6.20. The molecule has 1 aliphatic heterocycles. The Balaban J connectivity index is 2.72. The van der Waals surface area contributed by atoms with E-state index in [2.05, 4.69) is 0 Å². The SMILES string of the molecule is COCC1CCN(C(=O)OC(C)(C)C)C(C(=O)O)C1.